The molecule has 5 rings (SSSR count). The Morgan fingerprint density at radius 2 is 1.72 bits per heavy atom. The Hall–Kier alpha value is -4.28. The summed E-state index contributed by atoms with van der Waals surface area (Å²) in [5.74, 6) is -2.82. The second-order valence-electron chi connectivity index (χ2n) is 9.59. The number of carboxylic acids is 1. The molecular formula is C27H25F3N4O7S2. The third-order valence-electron chi connectivity index (χ3n) is 6.45. The SMILES string of the molecule is Cc1cc(C[C@H](NS(=O)(=O)c2ccccc2)c2nc3ccccc3[nH]2)ccc1C1CC(=O)NS1(=O)=O.O=C(O)C(F)(F)F. The molecule has 1 aliphatic heterocycles. The molecule has 1 unspecified atom stereocenters. The van der Waals surface area contributed by atoms with Crippen LogP contribution in [0.1, 0.15) is 40.2 Å². The van der Waals surface area contributed by atoms with Crippen molar-refractivity contribution in [1.29, 1.82) is 0 Å². The number of H-pyrrole nitrogens is 1. The van der Waals surface area contributed by atoms with Gasteiger partial charge in [0.25, 0.3) is 0 Å². The summed E-state index contributed by atoms with van der Waals surface area (Å²) < 4.78 is 87.5. The van der Waals surface area contributed by atoms with E-state index >= 15 is 0 Å². The van der Waals surface area contributed by atoms with Crippen LogP contribution in [-0.2, 0) is 36.1 Å². The van der Waals surface area contributed by atoms with Gasteiger partial charge in [0.05, 0.1) is 28.4 Å². The van der Waals surface area contributed by atoms with Crippen molar-refractivity contribution in [1.82, 2.24) is 19.4 Å². The van der Waals surface area contributed by atoms with Gasteiger partial charge < -0.3 is 10.1 Å². The van der Waals surface area contributed by atoms with Crippen LogP contribution < -0.4 is 9.44 Å². The van der Waals surface area contributed by atoms with E-state index in [0.717, 1.165) is 11.1 Å². The first-order chi connectivity index (χ1) is 20.1. The van der Waals surface area contributed by atoms with Crippen LogP contribution in [0.2, 0.25) is 0 Å². The van der Waals surface area contributed by atoms with Crippen LogP contribution in [0.5, 0.6) is 0 Å². The van der Waals surface area contributed by atoms with Crippen molar-refractivity contribution in [2.45, 2.75) is 42.1 Å². The minimum absolute atomic E-state index is 0.124. The van der Waals surface area contributed by atoms with E-state index in [4.69, 9.17) is 9.90 Å². The summed E-state index contributed by atoms with van der Waals surface area (Å²) in [5, 5.41) is 6.18. The number of fused-ring (bicyclic) bond motifs is 1. The van der Waals surface area contributed by atoms with Gasteiger partial charge in [0.1, 0.15) is 11.1 Å². The molecule has 0 radical (unpaired) electrons. The Morgan fingerprint density at radius 1 is 1.09 bits per heavy atom. The fourth-order valence-electron chi connectivity index (χ4n) is 4.48. The van der Waals surface area contributed by atoms with E-state index in [-0.39, 0.29) is 17.7 Å². The lowest BCUT2D eigenvalue weighted by Crippen LogP contribution is -2.31. The zero-order valence-corrected chi connectivity index (χ0v) is 23.9. The fourth-order valence-corrected chi connectivity index (χ4v) is 7.21. The molecular weight excluding hydrogens is 613 g/mol. The molecule has 2 heterocycles. The molecule has 1 amide bonds. The molecule has 0 bridgehead atoms. The number of hydrogen-bond donors (Lipinski definition) is 4. The molecule has 4 N–H and O–H groups in total. The Balaban J connectivity index is 0.000000541. The third kappa shape index (κ3) is 7.57. The molecule has 1 saturated heterocycles. The van der Waals surface area contributed by atoms with Gasteiger partial charge in [0.2, 0.25) is 26.0 Å². The number of aliphatic carboxylic acids is 1. The lowest BCUT2D eigenvalue weighted by Gasteiger charge is -2.19. The van der Waals surface area contributed by atoms with E-state index < -0.39 is 49.4 Å². The molecule has 11 nitrogen and oxygen atoms in total. The highest BCUT2D eigenvalue weighted by Crippen LogP contribution is 2.33. The molecule has 1 aromatic heterocycles. The normalized spacial score (nSPS) is 17.1. The average Bonchev–Trinajstić information content (AvgIpc) is 3.48. The van der Waals surface area contributed by atoms with Crippen molar-refractivity contribution in [2.24, 2.45) is 0 Å². The van der Waals surface area contributed by atoms with Gasteiger partial charge in [-0.15, -0.1) is 0 Å². The Bertz CT molecular complexity index is 1840. The number of imidazole rings is 1. The van der Waals surface area contributed by atoms with Crippen molar-refractivity contribution in [3.63, 3.8) is 0 Å². The van der Waals surface area contributed by atoms with Gasteiger partial charge in [-0.25, -0.2) is 31.3 Å². The van der Waals surface area contributed by atoms with Crippen molar-refractivity contribution in [2.75, 3.05) is 0 Å². The predicted octanol–water partition coefficient (Wildman–Crippen LogP) is 3.66. The highest BCUT2D eigenvalue weighted by Gasteiger charge is 2.39. The summed E-state index contributed by atoms with van der Waals surface area (Å²) in [4.78, 5) is 28.5. The van der Waals surface area contributed by atoms with Gasteiger partial charge in [-0.2, -0.15) is 13.2 Å². The molecule has 43 heavy (non-hydrogen) atoms. The van der Waals surface area contributed by atoms with Crippen molar-refractivity contribution in [3.05, 3.63) is 95.3 Å². The minimum Gasteiger partial charge on any atom is -0.475 e. The molecule has 0 spiro atoms. The van der Waals surface area contributed by atoms with Crippen LogP contribution in [0.25, 0.3) is 11.0 Å². The number of para-hydroxylation sites is 2. The molecule has 1 aliphatic rings. The number of rotatable bonds is 7. The topological polar surface area (TPSA) is 175 Å². The first kappa shape index (κ1) is 31.7. The number of nitrogens with zero attached hydrogens (tertiary/aromatic N) is 1. The van der Waals surface area contributed by atoms with E-state index in [1.165, 1.54) is 12.1 Å². The monoisotopic (exact) mass is 638 g/mol. The number of sulfonamides is 2. The van der Waals surface area contributed by atoms with Crippen LogP contribution in [0.3, 0.4) is 0 Å². The van der Waals surface area contributed by atoms with Crippen LogP contribution in [0.15, 0.2) is 77.7 Å². The highest BCUT2D eigenvalue weighted by molar-refractivity contribution is 7.90. The molecule has 228 valence electrons. The second-order valence-corrected chi connectivity index (χ2v) is 13.2. The van der Waals surface area contributed by atoms with E-state index in [2.05, 4.69) is 14.7 Å². The number of amides is 1. The van der Waals surface area contributed by atoms with Crippen LogP contribution in [-0.4, -0.2) is 50.0 Å². The molecule has 1 fully saturated rings. The lowest BCUT2D eigenvalue weighted by atomic mass is 9.97. The first-order valence-electron chi connectivity index (χ1n) is 12.5. The van der Waals surface area contributed by atoms with E-state index in [1.807, 2.05) is 35.1 Å². The van der Waals surface area contributed by atoms with Gasteiger partial charge in [0.15, 0.2) is 0 Å². The first-order valence-corrected chi connectivity index (χ1v) is 15.6. The quantitative estimate of drug-likeness (QED) is 0.237. The summed E-state index contributed by atoms with van der Waals surface area (Å²) >= 11 is 0. The summed E-state index contributed by atoms with van der Waals surface area (Å²) in [6, 6.07) is 20.1. The van der Waals surface area contributed by atoms with Crippen molar-refractivity contribution >= 4 is 43.0 Å². The fraction of sp³-hybridized carbons (Fsp3) is 0.222. The maximum Gasteiger partial charge on any atom is 0.490 e. The standard InChI is InChI=1S/C25H24N4O5S2.C2HF3O2/c1-16-13-17(11-12-19(16)23-15-24(30)29-36(23,33)34)14-22(25-26-20-9-5-6-10-21(20)27-25)28-35(31,32)18-7-3-2-4-8-18;3-2(4,5)1(6)7/h2-13,22-23,28H,14-15H2,1H3,(H,26,27)(H,29,30);(H,6,7)/t22-,23?;/m0./s1. The number of alkyl halides is 3. The number of nitrogens with one attached hydrogen (secondary N) is 3. The van der Waals surface area contributed by atoms with E-state index in [1.54, 1.807) is 37.3 Å². The number of aryl methyl sites for hydroxylation is 1. The molecule has 16 heteroatoms. The van der Waals surface area contributed by atoms with Gasteiger partial charge in [-0.1, -0.05) is 48.5 Å². The maximum absolute atomic E-state index is 13.2. The number of carboxylic acid groups (broad SMARTS) is 1. The Kier molecular flexibility index (Phi) is 8.94. The lowest BCUT2D eigenvalue weighted by molar-refractivity contribution is -0.192. The maximum atomic E-state index is 13.2. The molecule has 4 aromatic rings. The number of carbonyl (C=O) groups excluding carboxylic acids is 1. The number of carbonyl (C=O) groups is 2. The molecule has 0 aliphatic carbocycles. The predicted molar refractivity (Wildman–Crippen MR) is 149 cm³/mol. The Labute approximate surface area is 244 Å². The zero-order chi connectivity index (χ0) is 31.6. The molecule has 2 atom stereocenters. The zero-order valence-electron chi connectivity index (χ0n) is 22.3. The highest BCUT2D eigenvalue weighted by atomic mass is 32.2. The summed E-state index contributed by atoms with van der Waals surface area (Å²) in [7, 11) is -7.62. The number of aromatic amines is 1. The number of halogens is 3. The van der Waals surface area contributed by atoms with Crippen LogP contribution in [0, 0.1) is 6.92 Å². The van der Waals surface area contributed by atoms with Crippen LogP contribution >= 0.6 is 0 Å². The van der Waals surface area contributed by atoms with Crippen molar-refractivity contribution < 1.29 is 44.7 Å². The van der Waals surface area contributed by atoms with Gasteiger partial charge >= 0.3 is 12.1 Å². The average molecular weight is 639 g/mol. The number of benzene rings is 3. The number of hydrogen-bond acceptors (Lipinski definition) is 7. The van der Waals surface area contributed by atoms with Crippen molar-refractivity contribution in [3.8, 4) is 0 Å². The summed E-state index contributed by atoms with van der Waals surface area (Å²) in [6.45, 7) is 1.78. The van der Waals surface area contributed by atoms with E-state index in [9.17, 15) is 34.8 Å². The third-order valence-corrected chi connectivity index (χ3v) is 9.62. The largest absolute Gasteiger partial charge is 0.490 e. The van der Waals surface area contributed by atoms with Gasteiger partial charge in [0, 0.05) is 0 Å². The minimum atomic E-state index is -5.08. The molecule has 3 aromatic carbocycles. The van der Waals surface area contributed by atoms with E-state index in [0.29, 0.717) is 22.5 Å². The smallest absolute Gasteiger partial charge is 0.475 e. The van der Waals surface area contributed by atoms with Crippen LogP contribution in [0.4, 0.5) is 13.2 Å². The van der Waals surface area contributed by atoms with Gasteiger partial charge in [-0.3, -0.25) is 9.52 Å². The summed E-state index contributed by atoms with van der Waals surface area (Å²) in [6.07, 6.45) is -4.94. The Morgan fingerprint density at radius 3 is 2.28 bits per heavy atom. The van der Waals surface area contributed by atoms with Gasteiger partial charge in [-0.05, 0) is 54.3 Å². The summed E-state index contributed by atoms with van der Waals surface area (Å²) in [5.41, 5.74) is 3.53. The molecule has 0 saturated carbocycles. The second kappa shape index (κ2) is 12.1. The number of aromatic nitrogens is 2.